The Balaban J connectivity index is 2.25. The van der Waals surface area contributed by atoms with E-state index in [2.05, 4.69) is 0 Å². The highest BCUT2D eigenvalue weighted by Crippen LogP contribution is 2.19. The number of ether oxygens (including phenoxy) is 1. The molecule has 2 aromatic carbocycles. The molecule has 0 aliphatic heterocycles. The van der Waals surface area contributed by atoms with Crippen LogP contribution in [0.15, 0.2) is 42.5 Å². The topological polar surface area (TPSA) is 69.4 Å². The van der Waals surface area contributed by atoms with Crippen LogP contribution in [0.5, 0.6) is 5.75 Å². The largest absolute Gasteiger partial charge is 0.497 e. The van der Waals surface area contributed by atoms with Gasteiger partial charge in [-0.25, -0.2) is 4.39 Å². The van der Waals surface area contributed by atoms with Crippen molar-refractivity contribution >= 4 is 11.5 Å². The smallest absolute Gasteiger partial charge is 0.273 e. The van der Waals surface area contributed by atoms with Gasteiger partial charge in [0.15, 0.2) is 5.78 Å². The van der Waals surface area contributed by atoms with E-state index in [0.29, 0.717) is 11.3 Å². The maximum absolute atomic E-state index is 13.3. The SMILES string of the molecule is COc1cccc(CC(=O)c2cc(F)cc([N+](=O)[O-])c2)c1. The molecule has 5 nitrogen and oxygen atoms in total. The van der Waals surface area contributed by atoms with Crippen molar-refractivity contribution in [3.05, 3.63) is 69.5 Å². The van der Waals surface area contributed by atoms with Gasteiger partial charge in [0.2, 0.25) is 0 Å². The normalized spacial score (nSPS) is 10.2. The van der Waals surface area contributed by atoms with Crippen LogP contribution in [0.2, 0.25) is 0 Å². The number of carbonyl (C=O) groups excluding carboxylic acids is 1. The molecule has 0 aromatic heterocycles. The van der Waals surface area contributed by atoms with Crippen molar-refractivity contribution in [3.63, 3.8) is 0 Å². The van der Waals surface area contributed by atoms with Crippen LogP contribution in [0.1, 0.15) is 15.9 Å². The van der Waals surface area contributed by atoms with Crippen molar-refractivity contribution in [2.75, 3.05) is 7.11 Å². The molecule has 0 unspecified atom stereocenters. The van der Waals surface area contributed by atoms with E-state index in [4.69, 9.17) is 4.74 Å². The van der Waals surface area contributed by atoms with Crippen molar-refractivity contribution in [2.24, 2.45) is 0 Å². The average Bonchev–Trinajstić information content (AvgIpc) is 2.46. The Kier molecular flexibility index (Phi) is 4.27. The molecule has 0 amide bonds. The van der Waals surface area contributed by atoms with Crippen LogP contribution in [0, 0.1) is 15.9 Å². The maximum Gasteiger partial charge on any atom is 0.273 e. The number of nitro groups is 1. The number of hydrogen-bond acceptors (Lipinski definition) is 4. The molecular weight excluding hydrogens is 277 g/mol. The fourth-order valence-electron chi connectivity index (χ4n) is 1.91. The summed E-state index contributed by atoms with van der Waals surface area (Å²) >= 11 is 0. The van der Waals surface area contributed by atoms with Gasteiger partial charge in [-0.2, -0.15) is 0 Å². The number of rotatable bonds is 5. The monoisotopic (exact) mass is 289 g/mol. The second-order valence-electron chi connectivity index (χ2n) is 4.41. The third kappa shape index (κ3) is 3.62. The molecule has 0 heterocycles. The Morgan fingerprint density at radius 1 is 1.29 bits per heavy atom. The minimum Gasteiger partial charge on any atom is -0.497 e. The number of methoxy groups -OCH3 is 1. The van der Waals surface area contributed by atoms with Crippen molar-refractivity contribution in [2.45, 2.75) is 6.42 Å². The summed E-state index contributed by atoms with van der Waals surface area (Å²) in [5.41, 5.74) is 0.222. The Labute approximate surface area is 120 Å². The molecule has 0 aliphatic carbocycles. The number of nitrogens with zero attached hydrogens (tertiary/aromatic N) is 1. The first-order chi connectivity index (χ1) is 9.99. The first-order valence-electron chi connectivity index (χ1n) is 6.10. The Hall–Kier alpha value is -2.76. The number of hydrogen-bond donors (Lipinski definition) is 0. The standard InChI is InChI=1S/C15H12FNO4/c1-21-14-4-2-3-10(5-14)6-15(18)11-7-12(16)9-13(8-11)17(19)20/h2-5,7-9H,6H2,1H3. The van der Waals surface area contributed by atoms with Gasteiger partial charge in [0.1, 0.15) is 11.6 Å². The zero-order valence-corrected chi connectivity index (χ0v) is 11.2. The molecule has 0 bridgehead atoms. The van der Waals surface area contributed by atoms with Gasteiger partial charge in [0.05, 0.1) is 18.1 Å². The van der Waals surface area contributed by atoms with Crippen LogP contribution in [0.25, 0.3) is 0 Å². The molecule has 0 saturated heterocycles. The van der Waals surface area contributed by atoms with Crippen LogP contribution >= 0.6 is 0 Å². The summed E-state index contributed by atoms with van der Waals surface area (Å²) in [7, 11) is 1.51. The summed E-state index contributed by atoms with van der Waals surface area (Å²) in [6.07, 6.45) is 0.0117. The molecule has 0 fully saturated rings. The van der Waals surface area contributed by atoms with Gasteiger partial charge in [0.25, 0.3) is 5.69 Å². The zero-order valence-electron chi connectivity index (χ0n) is 11.2. The lowest BCUT2D eigenvalue weighted by molar-refractivity contribution is -0.385. The summed E-state index contributed by atoms with van der Waals surface area (Å²) < 4.78 is 18.4. The Morgan fingerprint density at radius 3 is 2.71 bits per heavy atom. The van der Waals surface area contributed by atoms with E-state index in [1.807, 2.05) is 0 Å². The molecule has 2 aromatic rings. The van der Waals surface area contributed by atoms with Crippen LogP contribution in [-0.2, 0) is 6.42 Å². The highest BCUT2D eigenvalue weighted by molar-refractivity contribution is 5.98. The fraction of sp³-hybridized carbons (Fsp3) is 0.133. The van der Waals surface area contributed by atoms with Crippen molar-refractivity contribution < 1.29 is 18.8 Å². The zero-order chi connectivity index (χ0) is 15.4. The molecule has 0 radical (unpaired) electrons. The predicted molar refractivity (Wildman–Crippen MR) is 74.1 cm³/mol. The predicted octanol–water partition coefficient (Wildman–Crippen LogP) is 3.17. The molecule has 108 valence electrons. The molecule has 0 spiro atoms. The highest BCUT2D eigenvalue weighted by Gasteiger charge is 2.15. The lowest BCUT2D eigenvalue weighted by Gasteiger charge is -2.04. The molecule has 0 N–H and O–H groups in total. The molecular formula is C15H12FNO4. The van der Waals surface area contributed by atoms with Crippen LogP contribution in [0.3, 0.4) is 0 Å². The second-order valence-corrected chi connectivity index (χ2v) is 4.41. The summed E-state index contributed by atoms with van der Waals surface area (Å²) in [6, 6.07) is 9.74. The van der Waals surface area contributed by atoms with E-state index < -0.39 is 22.2 Å². The van der Waals surface area contributed by atoms with Gasteiger partial charge in [-0.1, -0.05) is 12.1 Å². The minimum atomic E-state index is -0.807. The van der Waals surface area contributed by atoms with Crippen molar-refractivity contribution in [1.29, 1.82) is 0 Å². The summed E-state index contributed by atoms with van der Waals surface area (Å²) in [5.74, 6) is -0.602. The van der Waals surface area contributed by atoms with E-state index in [9.17, 15) is 19.3 Å². The number of non-ortho nitro benzene ring substituents is 1. The fourth-order valence-corrected chi connectivity index (χ4v) is 1.91. The van der Waals surface area contributed by atoms with Gasteiger partial charge in [0, 0.05) is 18.1 Å². The molecule has 0 atom stereocenters. The van der Waals surface area contributed by atoms with Crippen molar-refractivity contribution in [1.82, 2.24) is 0 Å². The van der Waals surface area contributed by atoms with Crippen molar-refractivity contribution in [3.8, 4) is 5.75 Å². The highest BCUT2D eigenvalue weighted by atomic mass is 19.1. The van der Waals surface area contributed by atoms with E-state index >= 15 is 0 Å². The number of ketones is 1. The number of Topliss-reactive ketones (excluding diaryl/α,β-unsaturated/α-hetero) is 1. The number of benzene rings is 2. The molecule has 0 aliphatic rings. The van der Waals surface area contributed by atoms with Crippen LogP contribution < -0.4 is 4.74 Å². The molecule has 6 heteroatoms. The molecule has 2 rings (SSSR count). The molecule has 0 saturated carbocycles. The lowest BCUT2D eigenvalue weighted by Crippen LogP contribution is -2.05. The Morgan fingerprint density at radius 2 is 2.05 bits per heavy atom. The quantitative estimate of drug-likeness (QED) is 0.481. The lowest BCUT2D eigenvalue weighted by atomic mass is 10.0. The van der Waals surface area contributed by atoms with Gasteiger partial charge in [-0.15, -0.1) is 0 Å². The minimum absolute atomic E-state index is 0.0117. The maximum atomic E-state index is 13.3. The van der Waals surface area contributed by atoms with Gasteiger partial charge >= 0.3 is 0 Å². The van der Waals surface area contributed by atoms with Crippen LogP contribution in [-0.4, -0.2) is 17.8 Å². The van der Waals surface area contributed by atoms with E-state index in [1.54, 1.807) is 24.3 Å². The molecule has 21 heavy (non-hydrogen) atoms. The third-order valence-corrected chi connectivity index (χ3v) is 2.91. The average molecular weight is 289 g/mol. The third-order valence-electron chi connectivity index (χ3n) is 2.91. The van der Waals surface area contributed by atoms with Gasteiger partial charge < -0.3 is 4.74 Å². The van der Waals surface area contributed by atoms with Gasteiger partial charge in [-0.05, 0) is 23.8 Å². The summed E-state index contributed by atoms with van der Waals surface area (Å²) in [4.78, 5) is 22.1. The van der Waals surface area contributed by atoms with E-state index in [0.717, 1.165) is 18.2 Å². The Bertz CT molecular complexity index is 700. The van der Waals surface area contributed by atoms with Crippen LogP contribution in [0.4, 0.5) is 10.1 Å². The first-order valence-corrected chi connectivity index (χ1v) is 6.10. The first kappa shape index (κ1) is 14.6. The summed E-state index contributed by atoms with van der Waals surface area (Å²) in [6.45, 7) is 0. The van der Waals surface area contributed by atoms with E-state index in [-0.39, 0.29) is 12.0 Å². The van der Waals surface area contributed by atoms with E-state index in [1.165, 1.54) is 7.11 Å². The van der Waals surface area contributed by atoms with Gasteiger partial charge in [-0.3, -0.25) is 14.9 Å². The number of halogens is 1. The number of nitro benzene ring substituents is 1. The second kappa shape index (κ2) is 6.13. The number of carbonyl (C=O) groups is 1. The summed E-state index contributed by atoms with van der Waals surface area (Å²) in [5, 5.41) is 10.7.